The maximum absolute atomic E-state index is 5.68. The zero-order chi connectivity index (χ0) is 9.97. The van der Waals surface area contributed by atoms with Gasteiger partial charge in [0.2, 0.25) is 0 Å². The molecule has 2 rings (SSSR count). The van der Waals surface area contributed by atoms with Gasteiger partial charge >= 0.3 is 0 Å². The Morgan fingerprint density at radius 2 is 2.14 bits per heavy atom. The molecule has 2 aromatic rings. The van der Waals surface area contributed by atoms with Crippen molar-refractivity contribution in [2.24, 2.45) is 0 Å². The van der Waals surface area contributed by atoms with Crippen LogP contribution in [0.2, 0.25) is 0 Å². The van der Waals surface area contributed by atoms with Gasteiger partial charge in [-0.1, -0.05) is 0 Å². The number of halogens is 1. The number of nitrogens with two attached hydrogens (primary N) is 1. The summed E-state index contributed by atoms with van der Waals surface area (Å²) in [4.78, 5) is 12.3. The number of nitrogen functional groups attached to an aromatic ring is 1. The molecule has 0 radical (unpaired) electrons. The van der Waals surface area contributed by atoms with E-state index < -0.39 is 0 Å². The van der Waals surface area contributed by atoms with Crippen molar-refractivity contribution in [3.63, 3.8) is 0 Å². The van der Waals surface area contributed by atoms with E-state index in [4.69, 9.17) is 5.73 Å². The second-order valence-corrected chi connectivity index (χ2v) is 3.83. The summed E-state index contributed by atoms with van der Waals surface area (Å²) >= 11 is 2.09. The lowest BCUT2D eigenvalue weighted by molar-refractivity contribution is 1.16. The third-order valence-corrected chi connectivity index (χ3v) is 2.52. The minimum atomic E-state index is 0.499. The van der Waals surface area contributed by atoms with Crippen LogP contribution < -0.4 is 5.73 Å². The van der Waals surface area contributed by atoms with Crippen molar-refractivity contribution in [1.29, 1.82) is 0 Å². The molecule has 0 fully saturated rings. The highest BCUT2D eigenvalue weighted by Gasteiger charge is 2.03. The normalized spacial score (nSPS) is 10.1. The van der Waals surface area contributed by atoms with E-state index >= 15 is 0 Å². The van der Waals surface area contributed by atoms with Gasteiger partial charge < -0.3 is 5.73 Å². The monoisotopic (exact) mass is 298 g/mol. The van der Waals surface area contributed by atoms with Crippen LogP contribution in [-0.2, 0) is 0 Å². The zero-order valence-electron chi connectivity index (χ0n) is 7.18. The molecule has 0 aliphatic rings. The maximum Gasteiger partial charge on any atom is 0.163 e. The first-order valence-electron chi connectivity index (χ1n) is 3.96. The Morgan fingerprint density at radius 3 is 2.79 bits per heavy atom. The molecule has 14 heavy (non-hydrogen) atoms. The van der Waals surface area contributed by atoms with Crippen molar-refractivity contribution >= 4 is 28.4 Å². The van der Waals surface area contributed by atoms with Gasteiger partial charge in [0.15, 0.2) is 5.82 Å². The quantitative estimate of drug-likeness (QED) is 0.814. The smallest absolute Gasteiger partial charge is 0.163 e. The first-order valence-corrected chi connectivity index (χ1v) is 5.03. The molecule has 0 amide bonds. The van der Waals surface area contributed by atoms with Crippen LogP contribution in [0.1, 0.15) is 0 Å². The number of pyridine rings is 1. The van der Waals surface area contributed by atoms with Gasteiger partial charge in [-0.05, 0) is 34.7 Å². The summed E-state index contributed by atoms with van der Waals surface area (Å²) in [5.41, 5.74) is 6.55. The summed E-state index contributed by atoms with van der Waals surface area (Å²) in [6.45, 7) is 0. The maximum atomic E-state index is 5.68. The number of hydrogen-bond donors (Lipinski definition) is 1. The highest BCUT2D eigenvalue weighted by Crippen LogP contribution is 2.16. The van der Waals surface area contributed by atoms with Crippen molar-refractivity contribution < 1.29 is 0 Å². The topological polar surface area (TPSA) is 64.7 Å². The van der Waals surface area contributed by atoms with E-state index in [1.54, 1.807) is 18.6 Å². The number of nitrogens with zero attached hydrogens (tertiary/aromatic N) is 3. The van der Waals surface area contributed by atoms with E-state index in [9.17, 15) is 0 Å². The van der Waals surface area contributed by atoms with Crippen molar-refractivity contribution in [2.75, 3.05) is 5.73 Å². The van der Waals surface area contributed by atoms with Gasteiger partial charge in [0.1, 0.15) is 5.82 Å². The fourth-order valence-corrected chi connectivity index (χ4v) is 1.27. The minimum absolute atomic E-state index is 0.499. The molecule has 0 bridgehead atoms. The molecule has 0 saturated heterocycles. The van der Waals surface area contributed by atoms with Crippen molar-refractivity contribution in [3.8, 4) is 11.4 Å². The van der Waals surface area contributed by atoms with Crippen LogP contribution in [0.25, 0.3) is 11.4 Å². The largest absolute Gasteiger partial charge is 0.383 e. The fraction of sp³-hybridized carbons (Fsp3) is 0. The van der Waals surface area contributed by atoms with E-state index in [0.29, 0.717) is 11.6 Å². The SMILES string of the molecule is Nc1nc(-c2cccnc2)ncc1I. The van der Waals surface area contributed by atoms with E-state index in [2.05, 4.69) is 37.5 Å². The van der Waals surface area contributed by atoms with Crippen molar-refractivity contribution in [2.45, 2.75) is 0 Å². The van der Waals surface area contributed by atoms with Crippen LogP contribution in [0.15, 0.2) is 30.7 Å². The molecule has 70 valence electrons. The van der Waals surface area contributed by atoms with E-state index in [-0.39, 0.29) is 0 Å². The summed E-state index contributed by atoms with van der Waals surface area (Å²) < 4.78 is 0.857. The average Bonchev–Trinajstić information content (AvgIpc) is 2.23. The van der Waals surface area contributed by atoms with Gasteiger partial charge in [0, 0.05) is 24.2 Å². The lowest BCUT2D eigenvalue weighted by Gasteiger charge is -2.01. The molecular formula is C9H7IN4. The van der Waals surface area contributed by atoms with E-state index in [1.807, 2.05) is 12.1 Å². The highest BCUT2D eigenvalue weighted by molar-refractivity contribution is 14.1. The second-order valence-electron chi connectivity index (χ2n) is 2.67. The highest BCUT2D eigenvalue weighted by atomic mass is 127. The molecule has 0 saturated carbocycles. The Bertz CT molecular complexity index is 444. The summed E-state index contributed by atoms with van der Waals surface area (Å²) in [5, 5.41) is 0. The third-order valence-electron chi connectivity index (χ3n) is 1.69. The first-order chi connectivity index (χ1) is 6.77. The molecule has 0 atom stereocenters. The number of rotatable bonds is 1. The summed E-state index contributed by atoms with van der Waals surface area (Å²) in [6, 6.07) is 3.74. The molecular weight excluding hydrogens is 291 g/mol. The first kappa shape index (κ1) is 9.32. The third kappa shape index (κ3) is 1.82. The standard InChI is InChI=1S/C9H7IN4/c10-7-5-13-9(14-8(7)11)6-2-1-3-12-4-6/h1-5H,(H2,11,13,14). The van der Waals surface area contributed by atoms with Gasteiger partial charge in [-0.25, -0.2) is 9.97 Å². The number of hydrogen-bond acceptors (Lipinski definition) is 4. The lowest BCUT2D eigenvalue weighted by Crippen LogP contribution is -1.98. The molecule has 0 unspecified atom stereocenters. The molecule has 5 heteroatoms. The molecule has 0 aliphatic heterocycles. The zero-order valence-corrected chi connectivity index (χ0v) is 9.34. The van der Waals surface area contributed by atoms with Gasteiger partial charge in [0.05, 0.1) is 3.57 Å². The van der Waals surface area contributed by atoms with Crippen LogP contribution in [-0.4, -0.2) is 15.0 Å². The number of aromatic nitrogens is 3. The Labute approximate surface area is 94.7 Å². The predicted octanol–water partition coefficient (Wildman–Crippen LogP) is 1.73. The fourth-order valence-electron chi connectivity index (χ4n) is 1.01. The molecule has 0 aliphatic carbocycles. The Morgan fingerprint density at radius 1 is 1.29 bits per heavy atom. The average molecular weight is 298 g/mol. The van der Waals surface area contributed by atoms with E-state index in [0.717, 1.165) is 9.13 Å². The van der Waals surface area contributed by atoms with Gasteiger partial charge in [0.25, 0.3) is 0 Å². The van der Waals surface area contributed by atoms with Gasteiger partial charge in [-0.15, -0.1) is 0 Å². The van der Waals surface area contributed by atoms with Crippen LogP contribution in [0.4, 0.5) is 5.82 Å². The summed E-state index contributed by atoms with van der Waals surface area (Å²) in [7, 11) is 0. The van der Waals surface area contributed by atoms with Gasteiger partial charge in [-0.3, -0.25) is 4.98 Å². The minimum Gasteiger partial charge on any atom is -0.383 e. The number of anilines is 1. The molecule has 2 N–H and O–H groups in total. The molecule has 4 nitrogen and oxygen atoms in total. The molecule has 0 spiro atoms. The molecule has 0 aromatic carbocycles. The van der Waals surface area contributed by atoms with Gasteiger partial charge in [-0.2, -0.15) is 0 Å². The van der Waals surface area contributed by atoms with Crippen LogP contribution in [0.3, 0.4) is 0 Å². The Kier molecular flexibility index (Phi) is 2.58. The summed E-state index contributed by atoms with van der Waals surface area (Å²) in [6.07, 6.45) is 5.12. The Hall–Kier alpha value is -1.24. The van der Waals surface area contributed by atoms with Crippen LogP contribution in [0.5, 0.6) is 0 Å². The van der Waals surface area contributed by atoms with Crippen molar-refractivity contribution in [1.82, 2.24) is 15.0 Å². The predicted molar refractivity (Wildman–Crippen MR) is 62.4 cm³/mol. The van der Waals surface area contributed by atoms with E-state index in [1.165, 1.54) is 0 Å². The second kappa shape index (κ2) is 3.87. The summed E-state index contributed by atoms with van der Waals surface area (Å²) in [5.74, 6) is 1.11. The van der Waals surface area contributed by atoms with Crippen LogP contribution in [0, 0.1) is 3.57 Å². The lowest BCUT2D eigenvalue weighted by atomic mass is 10.3. The molecule has 2 aromatic heterocycles. The Balaban J connectivity index is 2.48. The molecule has 2 heterocycles. The van der Waals surface area contributed by atoms with Crippen molar-refractivity contribution in [3.05, 3.63) is 34.3 Å². The van der Waals surface area contributed by atoms with Crippen LogP contribution >= 0.6 is 22.6 Å².